The first-order chi connectivity index (χ1) is 64.0. The quantitative estimate of drug-likeness (QED) is 0.0451. The monoisotopic (exact) mass is 1980 g/mol. The topological polar surface area (TPSA) is 464 Å². The number of cyclic esters (lactones) is 2. The summed E-state index contributed by atoms with van der Waals surface area (Å²) < 4.78 is 117. The van der Waals surface area contributed by atoms with Crippen molar-refractivity contribution in [2.24, 2.45) is 41.2 Å². The van der Waals surface area contributed by atoms with Gasteiger partial charge in [-0.3, -0.25) is 33.8 Å². The zero-order valence-electron chi connectivity index (χ0n) is 85.8. The molecule has 0 saturated carbocycles. The van der Waals surface area contributed by atoms with E-state index in [9.17, 15) is 58.8 Å². The number of nitrogens with two attached hydrogens (primary N) is 1. The van der Waals surface area contributed by atoms with Crippen molar-refractivity contribution in [3.05, 3.63) is 59.7 Å². The summed E-state index contributed by atoms with van der Waals surface area (Å²) in [6, 6.07) is 14.8. The number of alkyl carbamates (subject to hydrolysis) is 1. The molecule has 8 aliphatic heterocycles. The third kappa shape index (κ3) is 27.9. The van der Waals surface area contributed by atoms with Gasteiger partial charge in [0.25, 0.3) is 0 Å². The van der Waals surface area contributed by atoms with Crippen LogP contribution in [0.1, 0.15) is 229 Å². The molecule has 0 spiro atoms. The second kappa shape index (κ2) is 49.6. The van der Waals surface area contributed by atoms with Gasteiger partial charge in [0, 0.05) is 83.0 Å². The van der Waals surface area contributed by atoms with Crippen molar-refractivity contribution < 1.29 is 154 Å². The van der Waals surface area contributed by atoms with Gasteiger partial charge in [-0.15, -0.1) is 0 Å². The molecule has 8 saturated heterocycles. The number of nitrogens with one attached hydrogen (secondary N) is 1. The average molecular weight is 1980 g/mol. The Bertz CT molecular complexity index is 4300. The number of carbonyl (C=O) groups excluding carboxylic acids is 7. The van der Waals surface area contributed by atoms with E-state index in [4.69, 9.17) is 101 Å². The third-order valence-corrected chi connectivity index (χ3v) is 29.7. The van der Waals surface area contributed by atoms with Crippen LogP contribution in [0.25, 0.3) is 11.1 Å². The number of aliphatic hydroxyl groups excluding tert-OH is 2. The first-order valence-corrected chi connectivity index (χ1v) is 48.4. The van der Waals surface area contributed by atoms with Gasteiger partial charge in [0.05, 0.1) is 90.1 Å². The van der Waals surface area contributed by atoms with Crippen LogP contribution in [0.2, 0.25) is 0 Å². The van der Waals surface area contributed by atoms with Gasteiger partial charge in [-0.05, 0) is 212 Å². The van der Waals surface area contributed by atoms with E-state index in [1.807, 2.05) is 168 Å². The fourth-order valence-corrected chi connectivity index (χ4v) is 22.2. The Morgan fingerprint density at radius 2 is 0.964 bits per heavy atom. The maximum Gasteiger partial charge on any atom is 0.509 e. The van der Waals surface area contributed by atoms with Gasteiger partial charge < -0.3 is 136 Å². The number of aliphatic carboxylic acids is 1. The maximum atomic E-state index is 14.6. The van der Waals surface area contributed by atoms with E-state index in [0.717, 1.165) is 22.3 Å². The van der Waals surface area contributed by atoms with Crippen molar-refractivity contribution in [3.63, 3.8) is 0 Å². The minimum absolute atomic E-state index is 0. The number of methoxy groups -OCH3 is 2. The number of rotatable bonds is 21. The number of hydrogen-bond acceptors (Lipinski definition) is 36. The molecule has 1 aliphatic carbocycles. The summed E-state index contributed by atoms with van der Waals surface area (Å²) in [6.45, 7) is 37.9. The van der Waals surface area contributed by atoms with E-state index < -0.39 is 223 Å². The molecule has 8 fully saturated rings. The molecule has 2 aromatic carbocycles. The second-order valence-electron chi connectivity index (χ2n) is 41.5. The standard InChI is InChI=1S/C41H73N3O14.C41H72N2O14.C17H15NO4.2CH4/c1-15-28-41(10)34(57-38(48)58-41)25(6)44(13)20-21(2)17-39(8,49)33(56-37-31(46)27(43(11)12)16-22(3)51-37)23(4)32(24(5)36(47)53-28)55-30-18-40(9,50-14)35(26(7)52-30)54-29(45)19-42;1-16-29-41(11)35(56-38(47)57-41)25(6)43(14)20-21(2)18-39(9,48)34(55-37-32(52-27(8)44)28(42(12)13)17-22(3)50-37)23(4)31(24(5)36(46)53-29)54-30-19-40(10,49-15)33(45)26(7)51-30;19-16(20)9-18-17(21)22-10-15-13-7-3-1-5-11(13)12-6-2-4-8-14(12)15;;/h21-28,30-35,37,46,49H,15-20,42H2,1-14H3;21-26,28-35,37,45,48H,16-20H2,1-15H3;1-8,15H,9-10H2,(H,18,21)(H,19,20);2*1H4/t21-,22-,23+,24-,25-,26+,27+,28-,30?,31-,32+,33-,34+,35+,37+,39-,40-,41-;21-,22-,23+,24-,25-,26+,28+,29-,30?,31+,32-,33+,34-,35+,37+,39-,40-,41-;;;/m11.../s1. The minimum Gasteiger partial charge on any atom is -0.480 e. The molecule has 8 N–H and O–H groups in total. The molecule has 2 aromatic rings. The van der Waals surface area contributed by atoms with E-state index in [1.165, 1.54) is 21.1 Å². The molecule has 38 heteroatoms. The molecular weight excluding hydrogens is 1810 g/mol. The van der Waals surface area contributed by atoms with E-state index in [2.05, 4.69) is 17.4 Å². The van der Waals surface area contributed by atoms with Crippen LogP contribution < -0.4 is 11.1 Å². The number of carbonyl (C=O) groups is 8. The van der Waals surface area contributed by atoms with Crippen LogP contribution in [0.3, 0.4) is 0 Å². The van der Waals surface area contributed by atoms with Crippen LogP contribution in [-0.2, 0) is 114 Å². The molecule has 0 bridgehead atoms. The second-order valence-corrected chi connectivity index (χ2v) is 41.5. The first kappa shape index (κ1) is 119. The molecule has 38 nitrogen and oxygen atoms in total. The zero-order valence-corrected chi connectivity index (χ0v) is 85.8. The molecule has 8 heterocycles. The molecule has 9 aliphatic rings. The SMILES string of the molecule is C.C.CC[C@H]1OC(=O)[C@H](C)[C@@H](OC2C[C@@](C)(OC)[C@@H](O)[C@H](C)O2)[C@H](C)[C@@H](O[C@@H]2O[C@H](C)C[C@H](N(C)C)[C@H]2OC(C)=O)[C@](C)(O)C[C@@H](C)CN(C)[C@H](C)[C@@H]2OC(=O)O[C@]12C.CC[C@H]1OC(=O)[C@H](C)[C@@H](OC2C[C@@](C)(OC)[C@@H](OC(=O)CN)[C@H](C)O2)[C@H](C)[C@@H](O[C@@H]2O[C@H](C)C[C@H](N(C)C)[C@H]2O)[C@](C)(O)C[C@@H](C)CN(C)[C@H](C)[C@@H]2OC(=O)O[C@]12C.O=C(O)CNC(=O)OCC1c2ccccc2-c2ccccc21. The normalized spacial score (nSPS) is 40.5. The molecule has 11 rings (SSSR count). The van der Waals surface area contributed by atoms with Gasteiger partial charge in [-0.1, -0.05) is 105 Å². The highest BCUT2D eigenvalue weighted by atomic mass is 16.8. The summed E-state index contributed by atoms with van der Waals surface area (Å²) in [5.41, 5.74) is 2.16. The van der Waals surface area contributed by atoms with Crippen LogP contribution in [0.5, 0.6) is 0 Å². The Kier molecular flexibility index (Phi) is 42.4. The van der Waals surface area contributed by atoms with Gasteiger partial charge in [0.15, 0.2) is 60.8 Å². The Balaban J connectivity index is 0.000000306. The summed E-state index contributed by atoms with van der Waals surface area (Å²) >= 11 is 0. The Morgan fingerprint density at radius 1 is 0.547 bits per heavy atom. The molecule has 0 aromatic heterocycles. The molecule has 2 unspecified atom stereocenters. The van der Waals surface area contributed by atoms with Gasteiger partial charge in [-0.2, -0.15) is 0 Å². The van der Waals surface area contributed by atoms with Crippen molar-refractivity contribution in [3.8, 4) is 11.1 Å². The number of likely N-dealkylation sites (N-methyl/N-ethyl adjacent to an activating group) is 4. The van der Waals surface area contributed by atoms with E-state index >= 15 is 0 Å². The summed E-state index contributed by atoms with van der Waals surface area (Å²) in [6.07, 6.45) is -17.5. The molecule has 139 heavy (non-hydrogen) atoms. The molecule has 794 valence electrons. The van der Waals surface area contributed by atoms with Crippen molar-refractivity contribution >= 4 is 48.3 Å². The summed E-state index contributed by atoms with van der Waals surface area (Å²) in [7, 11) is 14.4. The molecular formula is C101H168N6O32. The van der Waals surface area contributed by atoms with Crippen LogP contribution >= 0.6 is 0 Å². The lowest BCUT2D eigenvalue weighted by Gasteiger charge is -2.49. The summed E-state index contributed by atoms with van der Waals surface area (Å²) in [4.78, 5) is 109. The number of carboxylic acids is 1. The van der Waals surface area contributed by atoms with Crippen molar-refractivity contribution in [2.75, 3.05) is 89.3 Å². The highest BCUT2D eigenvalue weighted by Gasteiger charge is 2.62. The predicted octanol–water partition coefficient (Wildman–Crippen LogP) is 10.1. The lowest BCUT2D eigenvalue weighted by molar-refractivity contribution is -0.319. The smallest absolute Gasteiger partial charge is 0.480 e. The van der Waals surface area contributed by atoms with Gasteiger partial charge in [0.1, 0.15) is 43.2 Å². The Morgan fingerprint density at radius 3 is 1.38 bits per heavy atom. The Labute approximate surface area is 822 Å². The summed E-state index contributed by atoms with van der Waals surface area (Å²) in [5, 5.41) is 58.8. The number of esters is 4. The highest BCUT2D eigenvalue weighted by Crippen LogP contribution is 2.49. The van der Waals surface area contributed by atoms with E-state index in [-0.39, 0.29) is 108 Å². The van der Waals surface area contributed by atoms with Crippen molar-refractivity contribution in [1.29, 1.82) is 0 Å². The van der Waals surface area contributed by atoms with E-state index in [1.54, 1.807) is 69.2 Å². The lowest BCUT2D eigenvalue weighted by atomic mass is 9.77. The van der Waals surface area contributed by atoms with Crippen LogP contribution in [0.15, 0.2) is 48.5 Å². The fraction of sp³-hybridized carbons (Fsp3) is 0.802. The van der Waals surface area contributed by atoms with Crippen LogP contribution in [-0.4, -0.2) is 363 Å². The first-order valence-electron chi connectivity index (χ1n) is 48.4. The molecule has 0 radical (unpaired) electrons. The molecule has 1 amide bonds. The molecule has 36 atom stereocenters. The average Bonchev–Trinajstić information content (AvgIpc) is 1.61. The number of benzene rings is 2. The van der Waals surface area contributed by atoms with Crippen LogP contribution in [0.4, 0.5) is 14.4 Å². The number of fused-ring (bicyclic) bond motifs is 5. The largest absolute Gasteiger partial charge is 0.509 e. The third-order valence-electron chi connectivity index (χ3n) is 29.7. The number of carboxylic acid groups (broad SMARTS) is 1. The Hall–Kier alpha value is -7.16. The number of aliphatic hydroxyl groups is 4. The van der Waals surface area contributed by atoms with Crippen LogP contribution in [0, 0.1) is 35.5 Å². The predicted molar refractivity (Wildman–Crippen MR) is 511 cm³/mol. The van der Waals surface area contributed by atoms with E-state index in [0.29, 0.717) is 38.8 Å². The number of nitrogens with zero attached hydrogens (tertiary/aromatic N) is 4. The zero-order chi connectivity index (χ0) is 102. The number of amides is 1. The van der Waals surface area contributed by atoms with Gasteiger partial charge >= 0.3 is 48.3 Å². The number of ether oxygens (including phenoxy) is 19. The lowest BCUT2D eigenvalue weighted by Crippen LogP contribution is -2.61. The van der Waals surface area contributed by atoms with Crippen molar-refractivity contribution in [2.45, 2.75) is 398 Å². The number of hydrogen-bond donors (Lipinski definition) is 7. The van der Waals surface area contributed by atoms with Gasteiger partial charge in [-0.25, -0.2) is 14.4 Å². The van der Waals surface area contributed by atoms with Gasteiger partial charge in [0.2, 0.25) is 0 Å². The maximum absolute atomic E-state index is 14.6. The fourth-order valence-electron chi connectivity index (χ4n) is 22.2. The highest BCUT2D eigenvalue weighted by molar-refractivity contribution is 5.80. The minimum atomic E-state index is -1.59. The van der Waals surface area contributed by atoms with Crippen molar-refractivity contribution in [1.82, 2.24) is 24.9 Å². The summed E-state index contributed by atoms with van der Waals surface area (Å²) in [5.74, 6) is -7.44.